The van der Waals surface area contributed by atoms with Crippen LogP contribution in [0.1, 0.15) is 42.7 Å². The van der Waals surface area contributed by atoms with Crippen molar-refractivity contribution in [2.24, 2.45) is 16.5 Å². The Bertz CT molecular complexity index is 1190. The van der Waals surface area contributed by atoms with Gasteiger partial charge < -0.3 is 27.7 Å². The zero-order valence-corrected chi connectivity index (χ0v) is 19.5. The lowest BCUT2D eigenvalue weighted by Gasteiger charge is -2.12. The van der Waals surface area contributed by atoms with Crippen molar-refractivity contribution in [2.75, 3.05) is 31.2 Å². The van der Waals surface area contributed by atoms with Crippen LogP contribution in [0.5, 0.6) is 5.75 Å². The molecule has 0 aliphatic heterocycles. The number of benzene rings is 2. The van der Waals surface area contributed by atoms with Gasteiger partial charge in [0.25, 0.3) is 5.91 Å². The molecule has 188 valence electrons. The van der Waals surface area contributed by atoms with Gasteiger partial charge in [-0.05, 0) is 49.2 Å². The van der Waals surface area contributed by atoms with E-state index in [0.717, 1.165) is 36.8 Å². The number of nitrogen functional groups attached to an aromatic ring is 2. The molecule has 1 heterocycles. The molecule has 3 rings (SSSR count). The predicted octanol–water partition coefficient (Wildman–Crippen LogP) is 2.88. The number of nitrogens with two attached hydrogens (primary N) is 4. The lowest BCUT2D eigenvalue weighted by atomic mass is 9.99. The third kappa shape index (κ3) is 7.43. The molecule has 0 radical (unpaired) electrons. The van der Waals surface area contributed by atoms with Gasteiger partial charge in [-0.1, -0.05) is 49.4 Å². The van der Waals surface area contributed by atoms with Gasteiger partial charge in [-0.2, -0.15) is 0 Å². The number of aromatic nitrogens is 2. The molecule has 0 saturated carbocycles. The van der Waals surface area contributed by atoms with Crippen LogP contribution in [0.2, 0.25) is 5.15 Å². The number of carbonyl (C=O) groups excluding carboxylic acids is 1. The molecule has 0 bridgehead atoms. The second kappa shape index (κ2) is 13.3. The van der Waals surface area contributed by atoms with Crippen molar-refractivity contribution in [1.29, 1.82) is 0 Å². The van der Waals surface area contributed by atoms with Gasteiger partial charge in [-0.15, -0.1) is 0 Å². The van der Waals surface area contributed by atoms with Gasteiger partial charge in [0.2, 0.25) is 0 Å². The fraction of sp³-hybridized carbons (Fsp3) is 0.333. The van der Waals surface area contributed by atoms with Crippen LogP contribution in [-0.2, 0) is 6.42 Å². The first-order valence-corrected chi connectivity index (χ1v) is 11.3. The number of anilines is 2. The zero-order valence-electron chi connectivity index (χ0n) is 18.8. The summed E-state index contributed by atoms with van der Waals surface area (Å²) < 4.78 is 5.89. The Kier molecular flexibility index (Phi) is 10.5. The number of guanidine groups is 1. The van der Waals surface area contributed by atoms with E-state index in [9.17, 15) is 4.79 Å². The maximum atomic E-state index is 12.3. The van der Waals surface area contributed by atoms with Gasteiger partial charge in [0.05, 0.1) is 6.61 Å². The molecule has 1 amide bonds. The Morgan fingerprint density at radius 1 is 1.03 bits per heavy atom. The topological polar surface area (TPSA) is 181 Å². The molecular weight excluding hydrogens is 468 g/mol. The number of fused-ring (bicyclic) bond motifs is 1. The quantitative estimate of drug-likeness (QED) is 0.160. The van der Waals surface area contributed by atoms with Crippen LogP contribution in [0.15, 0.2) is 41.4 Å². The van der Waals surface area contributed by atoms with E-state index in [1.165, 1.54) is 10.9 Å². The van der Waals surface area contributed by atoms with Gasteiger partial charge in [-0.25, -0.2) is 9.97 Å². The van der Waals surface area contributed by atoms with Crippen LogP contribution in [0.4, 0.5) is 11.6 Å². The number of unbranched alkanes of at least 4 members (excludes halogenated alkanes) is 1. The molecule has 0 atom stereocenters. The molecule has 1 aromatic heterocycles. The summed E-state index contributed by atoms with van der Waals surface area (Å²) in [5, 5.41) is 4.58. The third-order valence-electron chi connectivity index (χ3n) is 5.08. The number of carbonyl (C=O) groups is 1. The SMILES string of the molecule is C.NCCCOc1ccc(CCCCN=C(N)NC(=O)c2nc(Cl)c(N)nc2N)c2ccccc12. The third-order valence-corrected chi connectivity index (χ3v) is 5.36. The number of aryl methyl sites for hydroxylation is 1. The Morgan fingerprint density at radius 3 is 2.51 bits per heavy atom. The number of nitrogens with one attached hydrogen (secondary N) is 1. The largest absolute Gasteiger partial charge is 0.493 e. The normalized spacial score (nSPS) is 11.2. The van der Waals surface area contributed by atoms with Crippen molar-refractivity contribution < 1.29 is 9.53 Å². The first-order chi connectivity index (χ1) is 16.4. The molecule has 11 heteroatoms. The van der Waals surface area contributed by atoms with Gasteiger partial charge in [0.15, 0.2) is 28.4 Å². The Hall–Kier alpha value is -3.63. The molecule has 0 aliphatic rings. The van der Waals surface area contributed by atoms with E-state index in [-0.39, 0.29) is 35.9 Å². The highest BCUT2D eigenvalue weighted by Gasteiger charge is 2.16. The summed E-state index contributed by atoms with van der Waals surface area (Å²) in [6.07, 6.45) is 3.37. The van der Waals surface area contributed by atoms with E-state index in [1.54, 1.807) is 0 Å². The van der Waals surface area contributed by atoms with Crippen LogP contribution >= 0.6 is 11.6 Å². The van der Waals surface area contributed by atoms with Crippen LogP contribution in [0.25, 0.3) is 10.8 Å². The van der Waals surface area contributed by atoms with Crippen molar-refractivity contribution in [3.8, 4) is 5.75 Å². The Morgan fingerprint density at radius 2 is 1.77 bits per heavy atom. The Balaban J connectivity index is 0.00000432. The predicted molar refractivity (Wildman–Crippen MR) is 143 cm³/mol. The van der Waals surface area contributed by atoms with E-state index in [1.807, 2.05) is 18.2 Å². The highest BCUT2D eigenvalue weighted by atomic mass is 35.5. The van der Waals surface area contributed by atoms with Crippen LogP contribution in [0, 0.1) is 0 Å². The molecule has 0 saturated heterocycles. The van der Waals surface area contributed by atoms with Crippen molar-refractivity contribution in [3.05, 3.63) is 52.8 Å². The maximum absolute atomic E-state index is 12.3. The molecule has 35 heavy (non-hydrogen) atoms. The summed E-state index contributed by atoms with van der Waals surface area (Å²) in [7, 11) is 0. The van der Waals surface area contributed by atoms with Crippen molar-refractivity contribution >= 4 is 45.9 Å². The second-order valence-electron chi connectivity index (χ2n) is 7.57. The van der Waals surface area contributed by atoms with Gasteiger partial charge >= 0.3 is 0 Å². The number of nitrogens with zero attached hydrogens (tertiary/aromatic N) is 3. The first kappa shape index (κ1) is 27.6. The summed E-state index contributed by atoms with van der Waals surface area (Å²) >= 11 is 5.80. The highest BCUT2D eigenvalue weighted by Crippen LogP contribution is 2.29. The smallest absolute Gasteiger partial charge is 0.280 e. The molecule has 10 nitrogen and oxygen atoms in total. The first-order valence-electron chi connectivity index (χ1n) is 10.9. The molecule has 0 unspecified atom stereocenters. The zero-order chi connectivity index (χ0) is 24.5. The summed E-state index contributed by atoms with van der Waals surface area (Å²) in [6, 6.07) is 12.3. The van der Waals surface area contributed by atoms with Gasteiger partial charge in [0.1, 0.15) is 5.75 Å². The van der Waals surface area contributed by atoms with Crippen LogP contribution in [0.3, 0.4) is 0 Å². The van der Waals surface area contributed by atoms with Gasteiger partial charge in [-0.3, -0.25) is 15.1 Å². The number of aliphatic imine (C=N–C) groups is 1. The van der Waals surface area contributed by atoms with E-state index in [0.29, 0.717) is 19.7 Å². The fourth-order valence-electron chi connectivity index (χ4n) is 3.39. The summed E-state index contributed by atoms with van der Waals surface area (Å²) in [6.45, 7) is 1.65. The minimum atomic E-state index is -0.659. The second-order valence-corrected chi connectivity index (χ2v) is 7.93. The maximum Gasteiger partial charge on any atom is 0.280 e. The Labute approximate surface area is 210 Å². The standard InChI is InChI=1S/C23H29ClN8O2.CH4/c24-19-21(27)31-20(26)18(30-19)22(33)32-23(28)29-12-4-3-6-14-9-10-17(34-13-5-11-25)16-8-2-1-7-15(14)16;/h1-2,7-10H,3-6,11-13,25H2,(H4,26,27,31)(H3,28,29,32,33);1H4. The lowest BCUT2D eigenvalue weighted by Crippen LogP contribution is -2.38. The monoisotopic (exact) mass is 500 g/mol. The molecule has 3 aromatic rings. The minimum Gasteiger partial charge on any atom is -0.493 e. The summed E-state index contributed by atoms with van der Waals surface area (Å²) in [5.74, 6) is -0.0280. The van der Waals surface area contributed by atoms with Crippen molar-refractivity contribution in [3.63, 3.8) is 0 Å². The summed E-state index contributed by atoms with van der Waals surface area (Å²) in [4.78, 5) is 24.1. The molecule has 0 fully saturated rings. The van der Waals surface area contributed by atoms with E-state index in [2.05, 4.69) is 38.5 Å². The lowest BCUT2D eigenvalue weighted by molar-refractivity contribution is 0.0972. The van der Waals surface area contributed by atoms with Crippen LogP contribution in [-0.4, -0.2) is 41.5 Å². The number of hydrogen-bond donors (Lipinski definition) is 5. The van der Waals surface area contributed by atoms with Crippen LogP contribution < -0.4 is 33.0 Å². The summed E-state index contributed by atoms with van der Waals surface area (Å²) in [5.41, 5.74) is 23.6. The number of ether oxygens (including phenoxy) is 1. The number of amides is 1. The minimum absolute atomic E-state index is 0. The average molecular weight is 501 g/mol. The van der Waals surface area contributed by atoms with Gasteiger partial charge in [0, 0.05) is 11.9 Å². The highest BCUT2D eigenvalue weighted by molar-refractivity contribution is 6.31. The van der Waals surface area contributed by atoms with Crippen molar-refractivity contribution in [2.45, 2.75) is 33.1 Å². The molecule has 9 N–H and O–H groups in total. The average Bonchev–Trinajstić information content (AvgIpc) is 2.82. The van der Waals surface area contributed by atoms with Crippen molar-refractivity contribution in [1.82, 2.24) is 15.3 Å². The molecule has 2 aromatic carbocycles. The number of rotatable bonds is 10. The number of hydrogen-bond acceptors (Lipinski definition) is 8. The number of halogens is 1. The van der Waals surface area contributed by atoms with E-state index < -0.39 is 5.91 Å². The molecule has 0 spiro atoms. The fourth-order valence-corrected chi connectivity index (χ4v) is 3.52. The van der Waals surface area contributed by atoms with E-state index in [4.69, 9.17) is 39.3 Å². The molecular formula is C24H33ClN8O2. The van der Waals surface area contributed by atoms with E-state index >= 15 is 0 Å². The molecule has 0 aliphatic carbocycles.